The van der Waals surface area contributed by atoms with Crippen molar-refractivity contribution in [3.8, 4) is 0 Å². The van der Waals surface area contributed by atoms with E-state index in [0.29, 0.717) is 13.0 Å². The first-order valence-corrected chi connectivity index (χ1v) is 4.43. The van der Waals surface area contributed by atoms with Crippen LogP contribution in [0.15, 0.2) is 24.3 Å². The van der Waals surface area contributed by atoms with E-state index in [0.717, 1.165) is 0 Å². The zero-order valence-corrected chi connectivity index (χ0v) is 8.01. The van der Waals surface area contributed by atoms with Gasteiger partial charge >= 0.3 is 0 Å². The molecular formula is C10H13FN2O. The van der Waals surface area contributed by atoms with Gasteiger partial charge in [0, 0.05) is 13.0 Å². The van der Waals surface area contributed by atoms with E-state index in [-0.39, 0.29) is 11.6 Å². The van der Waals surface area contributed by atoms with Crippen LogP contribution in [0, 0.1) is 5.82 Å². The molecule has 0 saturated carbocycles. The Morgan fingerprint density at radius 2 is 2.14 bits per heavy atom. The summed E-state index contributed by atoms with van der Waals surface area (Å²) in [5, 5.41) is 5.34. The van der Waals surface area contributed by atoms with Crippen molar-refractivity contribution in [2.45, 2.75) is 6.42 Å². The second-order valence-electron chi connectivity index (χ2n) is 2.88. The van der Waals surface area contributed by atoms with E-state index in [1.807, 2.05) is 0 Å². The third-order valence-corrected chi connectivity index (χ3v) is 1.75. The summed E-state index contributed by atoms with van der Waals surface area (Å²) >= 11 is 0. The van der Waals surface area contributed by atoms with Crippen LogP contribution < -0.4 is 10.6 Å². The van der Waals surface area contributed by atoms with Gasteiger partial charge in [-0.25, -0.2) is 4.39 Å². The number of hydrogen-bond acceptors (Lipinski definition) is 2. The largest absolute Gasteiger partial charge is 0.324 e. The summed E-state index contributed by atoms with van der Waals surface area (Å²) in [6.07, 6.45) is 0.338. The maximum absolute atomic E-state index is 13.0. The van der Waals surface area contributed by atoms with Gasteiger partial charge in [-0.05, 0) is 19.2 Å². The van der Waals surface area contributed by atoms with Gasteiger partial charge in [0.05, 0.1) is 5.69 Å². The van der Waals surface area contributed by atoms with Crippen LogP contribution in [0.3, 0.4) is 0 Å². The number of nitrogens with one attached hydrogen (secondary N) is 2. The van der Waals surface area contributed by atoms with E-state index in [4.69, 9.17) is 0 Å². The van der Waals surface area contributed by atoms with Gasteiger partial charge in [0.15, 0.2) is 0 Å². The third kappa shape index (κ3) is 3.14. The lowest BCUT2D eigenvalue weighted by atomic mass is 10.3. The van der Waals surface area contributed by atoms with Gasteiger partial charge in [0.2, 0.25) is 5.91 Å². The maximum atomic E-state index is 13.0. The highest BCUT2D eigenvalue weighted by Gasteiger charge is 2.04. The molecule has 14 heavy (non-hydrogen) atoms. The molecule has 0 bridgehead atoms. The van der Waals surface area contributed by atoms with Crippen LogP contribution in [0.25, 0.3) is 0 Å². The van der Waals surface area contributed by atoms with E-state index in [1.54, 1.807) is 19.2 Å². The summed E-state index contributed by atoms with van der Waals surface area (Å²) in [6, 6.07) is 6.11. The van der Waals surface area contributed by atoms with Crippen LogP contribution in [-0.2, 0) is 4.79 Å². The first-order valence-electron chi connectivity index (χ1n) is 4.43. The zero-order chi connectivity index (χ0) is 10.4. The smallest absolute Gasteiger partial charge is 0.225 e. The molecule has 76 valence electrons. The molecule has 0 heterocycles. The van der Waals surface area contributed by atoms with Crippen molar-refractivity contribution in [3.63, 3.8) is 0 Å². The Bertz CT molecular complexity index is 315. The van der Waals surface area contributed by atoms with Gasteiger partial charge in [-0.2, -0.15) is 0 Å². The number of hydrogen-bond donors (Lipinski definition) is 2. The Morgan fingerprint density at radius 3 is 2.79 bits per heavy atom. The number of halogens is 1. The standard InChI is InChI=1S/C10H13FN2O/c1-12-7-6-10(14)13-9-5-3-2-4-8(9)11/h2-5,12H,6-7H2,1H3,(H,13,14). The Balaban J connectivity index is 2.52. The van der Waals surface area contributed by atoms with Crippen molar-refractivity contribution in [3.05, 3.63) is 30.1 Å². The van der Waals surface area contributed by atoms with E-state index >= 15 is 0 Å². The number of amides is 1. The predicted molar refractivity (Wildman–Crippen MR) is 53.6 cm³/mol. The van der Waals surface area contributed by atoms with E-state index in [1.165, 1.54) is 12.1 Å². The number of benzene rings is 1. The average molecular weight is 196 g/mol. The molecule has 2 N–H and O–H groups in total. The molecule has 0 atom stereocenters. The van der Waals surface area contributed by atoms with Crippen molar-refractivity contribution >= 4 is 11.6 Å². The van der Waals surface area contributed by atoms with Crippen molar-refractivity contribution < 1.29 is 9.18 Å². The molecule has 0 spiro atoms. The van der Waals surface area contributed by atoms with E-state index in [2.05, 4.69) is 10.6 Å². The minimum absolute atomic E-state index is 0.190. The Labute approximate surface area is 82.3 Å². The summed E-state index contributed by atoms with van der Waals surface area (Å²) in [6.45, 7) is 0.584. The number of anilines is 1. The van der Waals surface area contributed by atoms with Crippen molar-refractivity contribution in [2.75, 3.05) is 18.9 Å². The number of carbonyl (C=O) groups excluding carboxylic acids is 1. The molecule has 4 heteroatoms. The molecule has 0 aromatic heterocycles. The fraction of sp³-hybridized carbons (Fsp3) is 0.300. The maximum Gasteiger partial charge on any atom is 0.225 e. The van der Waals surface area contributed by atoms with Crippen molar-refractivity contribution in [1.82, 2.24) is 5.32 Å². The normalized spacial score (nSPS) is 9.86. The molecule has 0 fully saturated rings. The van der Waals surface area contributed by atoms with Crippen LogP contribution in [0.4, 0.5) is 10.1 Å². The summed E-state index contributed by atoms with van der Waals surface area (Å²) in [7, 11) is 1.76. The fourth-order valence-corrected chi connectivity index (χ4v) is 1.01. The SMILES string of the molecule is CNCCC(=O)Nc1ccccc1F. The van der Waals surface area contributed by atoms with Crippen LogP contribution >= 0.6 is 0 Å². The van der Waals surface area contributed by atoms with E-state index in [9.17, 15) is 9.18 Å². The van der Waals surface area contributed by atoms with E-state index < -0.39 is 5.82 Å². The highest BCUT2D eigenvalue weighted by molar-refractivity contribution is 5.90. The van der Waals surface area contributed by atoms with Crippen molar-refractivity contribution in [2.24, 2.45) is 0 Å². The van der Waals surface area contributed by atoms with Gasteiger partial charge in [-0.3, -0.25) is 4.79 Å². The minimum atomic E-state index is -0.412. The lowest BCUT2D eigenvalue weighted by Gasteiger charge is -2.05. The molecule has 0 saturated heterocycles. The topological polar surface area (TPSA) is 41.1 Å². The fourth-order valence-electron chi connectivity index (χ4n) is 1.01. The number of carbonyl (C=O) groups is 1. The average Bonchev–Trinajstić information content (AvgIpc) is 2.18. The molecule has 3 nitrogen and oxygen atoms in total. The molecule has 0 aliphatic heterocycles. The summed E-state index contributed by atoms with van der Waals surface area (Å²) < 4.78 is 13.0. The highest BCUT2D eigenvalue weighted by atomic mass is 19.1. The molecule has 0 aliphatic carbocycles. The van der Waals surface area contributed by atoms with Gasteiger partial charge in [-0.1, -0.05) is 12.1 Å². The summed E-state index contributed by atoms with van der Waals surface area (Å²) in [5.41, 5.74) is 0.230. The first kappa shape index (κ1) is 10.7. The number of para-hydroxylation sites is 1. The zero-order valence-electron chi connectivity index (χ0n) is 8.01. The van der Waals surface area contributed by atoms with Gasteiger partial charge < -0.3 is 10.6 Å². The van der Waals surface area contributed by atoms with Gasteiger partial charge in [0.25, 0.3) is 0 Å². The number of rotatable bonds is 4. The molecule has 0 radical (unpaired) electrons. The Morgan fingerprint density at radius 1 is 1.43 bits per heavy atom. The predicted octanol–water partition coefficient (Wildman–Crippen LogP) is 1.37. The van der Waals surface area contributed by atoms with Crippen LogP contribution in [0.5, 0.6) is 0 Å². The molecule has 1 rings (SSSR count). The molecular weight excluding hydrogens is 183 g/mol. The minimum Gasteiger partial charge on any atom is -0.324 e. The molecule has 1 aromatic rings. The highest BCUT2D eigenvalue weighted by Crippen LogP contribution is 2.12. The Hall–Kier alpha value is -1.42. The van der Waals surface area contributed by atoms with Crippen molar-refractivity contribution in [1.29, 1.82) is 0 Å². The van der Waals surface area contributed by atoms with Crippen LogP contribution in [0.1, 0.15) is 6.42 Å². The quantitative estimate of drug-likeness (QED) is 0.763. The lowest BCUT2D eigenvalue weighted by molar-refractivity contribution is -0.116. The molecule has 0 aliphatic rings. The first-order chi connectivity index (χ1) is 6.74. The van der Waals surface area contributed by atoms with Gasteiger partial charge in [-0.15, -0.1) is 0 Å². The van der Waals surface area contributed by atoms with Crippen LogP contribution in [-0.4, -0.2) is 19.5 Å². The second kappa shape index (κ2) is 5.34. The van der Waals surface area contributed by atoms with Crippen LogP contribution in [0.2, 0.25) is 0 Å². The Kier molecular flexibility index (Phi) is 4.07. The monoisotopic (exact) mass is 196 g/mol. The van der Waals surface area contributed by atoms with Gasteiger partial charge in [0.1, 0.15) is 5.82 Å². The summed E-state index contributed by atoms with van der Waals surface area (Å²) in [4.78, 5) is 11.2. The summed E-state index contributed by atoms with van der Waals surface area (Å²) in [5.74, 6) is -0.602. The third-order valence-electron chi connectivity index (χ3n) is 1.75. The molecule has 0 unspecified atom stereocenters. The second-order valence-corrected chi connectivity index (χ2v) is 2.88. The molecule has 1 amide bonds. The lowest BCUT2D eigenvalue weighted by Crippen LogP contribution is -2.19. The molecule has 1 aromatic carbocycles.